The van der Waals surface area contributed by atoms with Crippen molar-refractivity contribution in [1.82, 2.24) is 0 Å². The van der Waals surface area contributed by atoms with E-state index >= 15 is 0 Å². The zero-order valence-electron chi connectivity index (χ0n) is 10.7. The molecule has 2 rings (SSSR count). The minimum atomic E-state index is 0. The Labute approximate surface area is 132 Å². The molecule has 0 spiro atoms. The van der Waals surface area contributed by atoms with Crippen LogP contribution in [0.2, 0.25) is 0 Å². The van der Waals surface area contributed by atoms with E-state index in [0.29, 0.717) is 0 Å². The van der Waals surface area contributed by atoms with Crippen LogP contribution in [0.3, 0.4) is 0 Å². The van der Waals surface area contributed by atoms with Crippen molar-refractivity contribution in [2.45, 2.75) is 0 Å². The molecule has 2 saturated carbocycles. The van der Waals surface area contributed by atoms with E-state index in [0.717, 1.165) is 0 Å². The van der Waals surface area contributed by atoms with Gasteiger partial charge in [-0.1, -0.05) is 0 Å². The standard InChI is InChI=1S/2C8H8.CH3.Ta/c2*1-2-4-6-8-7-5-3-1;;/h2*1-8H;1H3;/q;;-1;. The minimum Gasteiger partial charge on any atom is -0.358 e. The molecule has 0 heterocycles. The molecule has 2 aliphatic rings. The van der Waals surface area contributed by atoms with Gasteiger partial charge in [-0.15, -0.1) is 0 Å². The quantitative estimate of drug-likeness (QED) is 0.540. The van der Waals surface area contributed by atoms with Crippen LogP contribution in [0, 0.1) is 110 Å². The second kappa shape index (κ2) is 17.7. The van der Waals surface area contributed by atoms with Crippen LogP contribution < -0.4 is 0 Å². The minimum absolute atomic E-state index is 0. The molecular formula is C17H19Ta-. The molecule has 0 N–H and O–H groups in total. The molecule has 0 saturated heterocycles. The topological polar surface area (TPSA) is 0 Å². The van der Waals surface area contributed by atoms with Crippen molar-refractivity contribution in [2.75, 3.05) is 0 Å². The fraction of sp³-hybridized carbons (Fsp3) is 0. The van der Waals surface area contributed by atoms with Gasteiger partial charge in [-0.2, -0.15) is 0 Å². The summed E-state index contributed by atoms with van der Waals surface area (Å²) < 4.78 is 0. The third-order valence-electron chi connectivity index (χ3n) is 1.78. The van der Waals surface area contributed by atoms with Gasteiger partial charge >= 0.3 is 0 Å². The van der Waals surface area contributed by atoms with E-state index < -0.39 is 0 Å². The monoisotopic (exact) mass is 404 g/mol. The van der Waals surface area contributed by atoms with Crippen LogP contribution in [0.15, 0.2) is 0 Å². The van der Waals surface area contributed by atoms with Gasteiger partial charge in [-0.3, -0.25) is 0 Å². The van der Waals surface area contributed by atoms with Gasteiger partial charge in [0.1, 0.15) is 0 Å². The average molecular weight is 404 g/mol. The molecule has 0 bridgehead atoms. The van der Waals surface area contributed by atoms with Gasteiger partial charge in [0, 0.05) is 22.4 Å². The van der Waals surface area contributed by atoms with Crippen LogP contribution in [0.1, 0.15) is 0 Å². The average Bonchev–Trinajstić information content (AvgIpc) is 2.15. The Morgan fingerprint density at radius 3 is 0.333 bits per heavy atom. The Morgan fingerprint density at radius 2 is 0.278 bits per heavy atom. The van der Waals surface area contributed by atoms with Crippen molar-refractivity contribution in [2.24, 2.45) is 0 Å². The molecule has 18 heavy (non-hydrogen) atoms. The van der Waals surface area contributed by atoms with E-state index in [-0.39, 0.29) is 29.8 Å². The zero-order valence-corrected chi connectivity index (χ0v) is 13.9. The van der Waals surface area contributed by atoms with Crippen molar-refractivity contribution in [1.29, 1.82) is 0 Å². The van der Waals surface area contributed by atoms with Crippen LogP contribution in [0.4, 0.5) is 0 Å². The zero-order chi connectivity index (χ0) is 11.3. The Morgan fingerprint density at radius 1 is 0.222 bits per heavy atom. The molecule has 0 amide bonds. The molecule has 0 atom stereocenters. The smallest absolute Gasteiger partial charge is 0 e. The summed E-state index contributed by atoms with van der Waals surface area (Å²) in [5.41, 5.74) is 0. The first kappa shape index (κ1) is 21.0. The predicted octanol–water partition coefficient (Wildman–Crippen LogP) is 3.72. The van der Waals surface area contributed by atoms with Crippen LogP contribution in [-0.2, 0) is 22.4 Å². The Balaban J connectivity index is 0. The maximum atomic E-state index is 2.00. The Kier molecular flexibility index (Phi) is 20.7. The molecular weight excluding hydrogens is 385 g/mol. The molecule has 0 aliphatic heterocycles. The molecule has 2 aliphatic carbocycles. The van der Waals surface area contributed by atoms with Gasteiger partial charge in [0.2, 0.25) is 0 Å². The molecule has 93 valence electrons. The van der Waals surface area contributed by atoms with E-state index in [1.165, 1.54) is 0 Å². The first-order valence-electron chi connectivity index (χ1n) is 5.33. The summed E-state index contributed by atoms with van der Waals surface area (Å²) in [6, 6.07) is 0. The number of rotatable bonds is 0. The van der Waals surface area contributed by atoms with Gasteiger partial charge in [0.05, 0.1) is 0 Å². The van der Waals surface area contributed by atoms with Crippen molar-refractivity contribution in [3.63, 3.8) is 0 Å². The van der Waals surface area contributed by atoms with Gasteiger partial charge in [0.25, 0.3) is 0 Å². The van der Waals surface area contributed by atoms with Crippen LogP contribution in [-0.4, -0.2) is 0 Å². The van der Waals surface area contributed by atoms with Gasteiger partial charge < -0.3 is 7.43 Å². The van der Waals surface area contributed by atoms with Crippen molar-refractivity contribution < 1.29 is 22.4 Å². The first-order chi connectivity index (χ1) is 8.00. The molecule has 0 aromatic rings. The third-order valence-corrected chi connectivity index (χ3v) is 1.78. The van der Waals surface area contributed by atoms with Crippen LogP contribution >= 0.6 is 0 Å². The molecule has 1 heteroatoms. The summed E-state index contributed by atoms with van der Waals surface area (Å²) >= 11 is 0. The molecule has 0 unspecified atom stereocenters. The van der Waals surface area contributed by atoms with Crippen molar-refractivity contribution in [3.8, 4) is 0 Å². The second-order valence-electron chi connectivity index (χ2n) is 3.08. The summed E-state index contributed by atoms with van der Waals surface area (Å²) in [5, 5.41) is 0. The summed E-state index contributed by atoms with van der Waals surface area (Å²) in [5.74, 6) is 0. The van der Waals surface area contributed by atoms with E-state index in [4.69, 9.17) is 0 Å². The Bertz CT molecular complexity index is 69.6. The fourth-order valence-electron chi connectivity index (χ4n) is 1.03. The largest absolute Gasteiger partial charge is 0.358 e. The molecule has 17 radical (unpaired) electrons. The molecule has 0 aromatic heterocycles. The van der Waals surface area contributed by atoms with Gasteiger partial charge in [0.15, 0.2) is 0 Å². The maximum absolute atomic E-state index is 2.00. The van der Waals surface area contributed by atoms with Gasteiger partial charge in [-0.25, -0.2) is 0 Å². The number of hydrogen-bond acceptors (Lipinski definition) is 0. The Hall–Kier alpha value is 0.740. The summed E-state index contributed by atoms with van der Waals surface area (Å²) in [6.45, 7) is 0. The fourth-order valence-corrected chi connectivity index (χ4v) is 1.03. The van der Waals surface area contributed by atoms with E-state index in [9.17, 15) is 0 Å². The summed E-state index contributed by atoms with van der Waals surface area (Å²) in [7, 11) is 0. The van der Waals surface area contributed by atoms with E-state index in [1.807, 2.05) is 103 Å². The van der Waals surface area contributed by atoms with Gasteiger partial charge in [-0.05, 0) is 103 Å². The summed E-state index contributed by atoms with van der Waals surface area (Å²) in [6.07, 6.45) is 32.0. The van der Waals surface area contributed by atoms with Crippen LogP contribution in [0.5, 0.6) is 0 Å². The normalized spacial score (nSPS) is 21.3. The van der Waals surface area contributed by atoms with Crippen LogP contribution in [0.25, 0.3) is 0 Å². The van der Waals surface area contributed by atoms with Crippen molar-refractivity contribution in [3.05, 3.63) is 110 Å². The maximum Gasteiger partial charge on any atom is 0 e. The molecule has 0 aromatic carbocycles. The SMILES string of the molecule is [CH3-].[CH]1[CH][CH][CH][CH][CH][CH][CH]1.[CH]1[CH][CH][CH][CH][CH][CH][CH]1.[Ta]. The predicted molar refractivity (Wildman–Crippen MR) is 75.2 cm³/mol. The first-order valence-corrected chi connectivity index (χ1v) is 5.33. The summed E-state index contributed by atoms with van der Waals surface area (Å²) in [4.78, 5) is 0. The van der Waals surface area contributed by atoms with E-state index in [2.05, 4.69) is 0 Å². The second-order valence-corrected chi connectivity index (χ2v) is 3.08. The van der Waals surface area contributed by atoms with Crippen molar-refractivity contribution >= 4 is 0 Å². The third kappa shape index (κ3) is 14.8. The number of hydrogen-bond donors (Lipinski definition) is 0. The molecule has 0 nitrogen and oxygen atoms in total. The molecule has 2 fully saturated rings. The van der Waals surface area contributed by atoms with E-state index in [1.54, 1.807) is 0 Å².